The number of guanidine groups is 1. The van der Waals surface area contributed by atoms with E-state index in [9.17, 15) is 4.79 Å². The quantitative estimate of drug-likeness (QED) is 0.138. The average Bonchev–Trinajstić information content (AvgIpc) is 3.38. The summed E-state index contributed by atoms with van der Waals surface area (Å²) in [6.07, 6.45) is 11.0. The number of pyridine rings is 1. The van der Waals surface area contributed by atoms with Gasteiger partial charge in [-0.1, -0.05) is 35.9 Å². The largest absolute Gasteiger partial charge is 0.360 e. The number of carbonyl (C=O) groups is 1. The smallest absolute Gasteiger partial charge is 0.248 e. The van der Waals surface area contributed by atoms with Gasteiger partial charge in [0.2, 0.25) is 11.9 Å². The maximum atomic E-state index is 12.1. The van der Waals surface area contributed by atoms with E-state index in [1.807, 2.05) is 74.6 Å². The number of anilines is 1. The van der Waals surface area contributed by atoms with Gasteiger partial charge in [-0.3, -0.25) is 9.78 Å². The molecule has 222 valence electrons. The molecule has 10 heteroatoms. The topological polar surface area (TPSA) is 110 Å². The van der Waals surface area contributed by atoms with Crippen LogP contribution in [0.2, 0.25) is 0 Å². The molecule has 2 atom stereocenters. The molecule has 3 aromatic rings. The number of hydrogen-bond acceptors (Lipinski definition) is 5. The van der Waals surface area contributed by atoms with Gasteiger partial charge >= 0.3 is 0 Å². The van der Waals surface area contributed by atoms with Crippen LogP contribution in [0, 0.1) is 0 Å². The Balaban J connectivity index is 1.35. The number of allylic oxidation sites excluding steroid dienone is 1. The summed E-state index contributed by atoms with van der Waals surface area (Å²) in [7, 11) is 3.91. The van der Waals surface area contributed by atoms with Crippen molar-refractivity contribution in [2.75, 3.05) is 26.0 Å². The lowest BCUT2D eigenvalue weighted by molar-refractivity contribution is -0.111. The monoisotopic (exact) mass is 588 g/mol. The summed E-state index contributed by atoms with van der Waals surface area (Å²) in [5.41, 5.74) is 4.10. The first-order valence-corrected chi connectivity index (χ1v) is 14.6. The standard InChI is InChI=1S/C32H41ClN8O/c1-22(33)30(27-21-36-28-12-7-6-11-26(27)28)40-31(34-3)39-23-10-8-16-32(2,18-23)37-20-24-14-15-25(19-35-24)38-29(42)13-9-17-41(4)5/h6-7,9,11-15,19,21,23,36-37H,3,8,10,16-18,20H2,1-2,4-5H3,(H,38,42)(H,39,40)/b13-9+,30-22+/t23-,32+/m1/s1. The van der Waals surface area contributed by atoms with Crippen LogP contribution in [-0.2, 0) is 11.3 Å². The minimum absolute atomic E-state index is 0.0914. The molecule has 1 aliphatic rings. The summed E-state index contributed by atoms with van der Waals surface area (Å²) in [5, 5.41) is 11.7. The molecule has 42 heavy (non-hydrogen) atoms. The third-order valence-electron chi connectivity index (χ3n) is 7.38. The van der Waals surface area contributed by atoms with Crippen LogP contribution >= 0.6 is 11.6 Å². The first-order chi connectivity index (χ1) is 20.2. The molecule has 0 spiro atoms. The van der Waals surface area contributed by atoms with Gasteiger partial charge in [0, 0.05) is 58.4 Å². The molecule has 0 bridgehead atoms. The van der Waals surface area contributed by atoms with E-state index < -0.39 is 0 Å². The van der Waals surface area contributed by atoms with Crippen molar-refractivity contribution in [3.63, 3.8) is 0 Å². The van der Waals surface area contributed by atoms with Gasteiger partial charge < -0.3 is 25.8 Å². The number of aromatic amines is 1. The van der Waals surface area contributed by atoms with Crippen molar-refractivity contribution in [2.45, 2.75) is 57.7 Å². The Morgan fingerprint density at radius 3 is 2.81 bits per heavy atom. The number of carbonyl (C=O) groups excluding carboxylic acids is 1. The SMILES string of the molecule is C=N/C(=N\C(=C(/C)Cl)c1c[nH]c2ccccc12)N[C@@H]1CCC[C@](C)(NCc2ccc(NC(=O)/C=C/CN(C)C)cn2)C1. The van der Waals surface area contributed by atoms with Crippen molar-refractivity contribution in [1.29, 1.82) is 0 Å². The fraction of sp³-hybridized carbons (Fsp3) is 0.375. The molecule has 1 saturated carbocycles. The van der Waals surface area contributed by atoms with Gasteiger partial charge in [-0.05, 0) is 78.5 Å². The highest BCUT2D eigenvalue weighted by atomic mass is 35.5. The van der Waals surface area contributed by atoms with Crippen molar-refractivity contribution < 1.29 is 4.79 Å². The first kappa shape index (κ1) is 31.2. The summed E-state index contributed by atoms with van der Waals surface area (Å²) in [5.74, 6) is 0.292. The summed E-state index contributed by atoms with van der Waals surface area (Å²) in [6.45, 7) is 9.18. The summed E-state index contributed by atoms with van der Waals surface area (Å²) in [4.78, 5) is 30.9. The number of nitrogens with one attached hydrogen (secondary N) is 4. The van der Waals surface area contributed by atoms with Crippen molar-refractivity contribution >= 4 is 52.5 Å². The molecule has 0 radical (unpaired) electrons. The molecule has 1 amide bonds. The van der Waals surface area contributed by atoms with Crippen LogP contribution in [0.25, 0.3) is 16.6 Å². The van der Waals surface area contributed by atoms with Crippen LogP contribution in [0.15, 0.2) is 76.0 Å². The molecular weight excluding hydrogens is 548 g/mol. The van der Waals surface area contributed by atoms with Crippen LogP contribution in [-0.4, -0.2) is 65.7 Å². The summed E-state index contributed by atoms with van der Waals surface area (Å²) < 4.78 is 0. The van der Waals surface area contributed by atoms with E-state index in [4.69, 9.17) is 16.6 Å². The number of aliphatic imine (C=N–C) groups is 2. The highest BCUT2D eigenvalue weighted by Gasteiger charge is 2.32. The van der Waals surface area contributed by atoms with Crippen LogP contribution in [0.3, 0.4) is 0 Å². The minimum Gasteiger partial charge on any atom is -0.360 e. The van der Waals surface area contributed by atoms with Crippen LogP contribution in [0.1, 0.15) is 50.8 Å². The normalized spacial score (nSPS) is 20.1. The van der Waals surface area contributed by atoms with Gasteiger partial charge in [0.25, 0.3) is 0 Å². The zero-order valence-corrected chi connectivity index (χ0v) is 25.6. The van der Waals surface area contributed by atoms with Gasteiger partial charge in [-0.25, -0.2) is 9.98 Å². The minimum atomic E-state index is -0.167. The molecule has 1 aromatic carbocycles. The number of likely N-dealkylation sites (N-methyl/N-ethyl adjacent to an activating group) is 1. The number of para-hydroxylation sites is 1. The predicted octanol–water partition coefficient (Wildman–Crippen LogP) is 5.68. The average molecular weight is 589 g/mol. The highest BCUT2D eigenvalue weighted by molar-refractivity contribution is 6.32. The molecule has 2 heterocycles. The van der Waals surface area contributed by atoms with Gasteiger partial charge in [0.1, 0.15) is 0 Å². The van der Waals surface area contributed by atoms with E-state index in [1.54, 1.807) is 6.20 Å². The molecule has 2 aromatic heterocycles. The van der Waals surface area contributed by atoms with E-state index in [2.05, 4.69) is 44.6 Å². The van der Waals surface area contributed by atoms with Crippen molar-refractivity contribution in [3.05, 3.63) is 77.2 Å². The predicted molar refractivity (Wildman–Crippen MR) is 175 cm³/mol. The molecule has 0 saturated heterocycles. The van der Waals surface area contributed by atoms with Crippen LogP contribution in [0.4, 0.5) is 5.69 Å². The van der Waals surface area contributed by atoms with E-state index in [0.717, 1.165) is 47.8 Å². The van der Waals surface area contributed by atoms with Gasteiger partial charge in [-0.2, -0.15) is 0 Å². The Morgan fingerprint density at radius 1 is 1.29 bits per heavy atom. The van der Waals surface area contributed by atoms with Crippen molar-refractivity contribution in [3.8, 4) is 0 Å². The lowest BCUT2D eigenvalue weighted by Gasteiger charge is -2.39. The second-order valence-corrected chi connectivity index (χ2v) is 11.8. The Labute approximate surface area is 253 Å². The zero-order valence-electron chi connectivity index (χ0n) is 24.9. The fourth-order valence-electron chi connectivity index (χ4n) is 5.22. The Kier molecular flexibility index (Phi) is 10.7. The highest BCUT2D eigenvalue weighted by Crippen LogP contribution is 2.31. The molecule has 9 nitrogen and oxygen atoms in total. The lowest BCUT2D eigenvalue weighted by Crippen LogP contribution is -2.51. The van der Waals surface area contributed by atoms with E-state index in [1.165, 1.54) is 6.08 Å². The molecular formula is C32H41ClN8O. The number of nitrogens with zero attached hydrogens (tertiary/aromatic N) is 4. The Morgan fingerprint density at radius 2 is 2.10 bits per heavy atom. The van der Waals surface area contributed by atoms with Gasteiger partial charge in [0.15, 0.2) is 0 Å². The summed E-state index contributed by atoms with van der Waals surface area (Å²) in [6, 6.07) is 12.1. The number of rotatable bonds is 10. The maximum absolute atomic E-state index is 12.1. The summed E-state index contributed by atoms with van der Waals surface area (Å²) >= 11 is 6.52. The number of fused-ring (bicyclic) bond motifs is 1. The first-order valence-electron chi connectivity index (χ1n) is 14.2. The molecule has 1 aliphatic carbocycles. The van der Waals surface area contributed by atoms with Gasteiger partial charge in [-0.15, -0.1) is 0 Å². The Bertz CT molecular complexity index is 1470. The fourth-order valence-corrected chi connectivity index (χ4v) is 5.37. The van der Waals surface area contributed by atoms with E-state index >= 15 is 0 Å². The maximum Gasteiger partial charge on any atom is 0.248 e. The second kappa shape index (κ2) is 14.4. The second-order valence-electron chi connectivity index (χ2n) is 11.3. The third-order valence-corrected chi connectivity index (χ3v) is 7.56. The van der Waals surface area contributed by atoms with Crippen molar-refractivity contribution in [2.24, 2.45) is 9.98 Å². The zero-order chi connectivity index (χ0) is 30.1. The number of hydrogen-bond donors (Lipinski definition) is 4. The Hall–Kier alpha value is -3.79. The molecule has 1 fully saturated rings. The van der Waals surface area contributed by atoms with Crippen LogP contribution in [0.5, 0.6) is 0 Å². The third kappa shape index (κ3) is 8.61. The lowest BCUT2D eigenvalue weighted by atomic mass is 9.80. The number of amides is 1. The van der Waals surface area contributed by atoms with E-state index in [0.29, 0.717) is 35.5 Å². The molecule has 4 rings (SSSR count). The number of halogens is 1. The number of H-pyrrole nitrogens is 1. The number of benzene rings is 1. The molecule has 0 unspecified atom stereocenters. The van der Waals surface area contributed by atoms with Crippen molar-refractivity contribution in [1.82, 2.24) is 25.5 Å². The molecule has 4 N–H and O–H groups in total. The van der Waals surface area contributed by atoms with Gasteiger partial charge in [0.05, 0.1) is 23.3 Å². The molecule has 0 aliphatic heterocycles. The van der Waals surface area contributed by atoms with Crippen LogP contribution < -0.4 is 16.0 Å². The van der Waals surface area contributed by atoms with E-state index in [-0.39, 0.29) is 17.5 Å². The number of aromatic nitrogens is 2.